The van der Waals surface area contributed by atoms with Gasteiger partial charge in [-0.25, -0.2) is 0 Å². The molecule has 0 aliphatic rings. The van der Waals surface area contributed by atoms with Gasteiger partial charge >= 0.3 is 5.97 Å². The number of aliphatic carboxylic acids is 1. The van der Waals surface area contributed by atoms with Gasteiger partial charge in [-0.05, 0) is 24.1 Å². The molecule has 1 amide bonds. The smallest absolute Gasteiger partial charge is 0.303 e. The van der Waals surface area contributed by atoms with Crippen molar-refractivity contribution >= 4 is 27.8 Å². The summed E-state index contributed by atoms with van der Waals surface area (Å²) in [5.74, 6) is -1.29. The summed E-state index contributed by atoms with van der Waals surface area (Å²) < 4.78 is 0.935. The summed E-state index contributed by atoms with van der Waals surface area (Å²) in [6.07, 6.45) is 0.0329. The van der Waals surface area contributed by atoms with Crippen LogP contribution in [0, 0.1) is 0 Å². The van der Waals surface area contributed by atoms with Crippen LogP contribution in [0.3, 0.4) is 0 Å². The first-order valence-electron chi connectivity index (χ1n) is 5.48. The molecule has 6 heteroatoms. The zero-order valence-corrected chi connectivity index (χ0v) is 11.3. The number of hydrogen-bond donors (Lipinski definition) is 3. The Balaban J connectivity index is 2.38. The van der Waals surface area contributed by atoms with Gasteiger partial charge in [0.1, 0.15) is 0 Å². The normalized spacial score (nSPS) is 11.9. The number of carboxylic acid groups (broad SMARTS) is 1. The maximum atomic E-state index is 11.6. The third-order valence-corrected chi connectivity index (χ3v) is 2.86. The van der Waals surface area contributed by atoms with E-state index in [0.717, 1.165) is 10.0 Å². The monoisotopic (exact) mass is 314 g/mol. The first kappa shape index (κ1) is 14.7. The van der Waals surface area contributed by atoms with Gasteiger partial charge in [0.25, 0.3) is 0 Å². The summed E-state index contributed by atoms with van der Waals surface area (Å²) in [6.45, 7) is 0.374. The van der Waals surface area contributed by atoms with Crippen molar-refractivity contribution in [3.8, 4) is 0 Å². The summed E-state index contributed by atoms with van der Waals surface area (Å²) in [4.78, 5) is 21.9. The molecule has 1 atom stereocenters. The van der Waals surface area contributed by atoms with E-state index in [1.807, 2.05) is 24.3 Å². The zero-order valence-electron chi connectivity index (χ0n) is 9.73. The minimum absolute atomic E-state index is 0.106. The number of nitrogens with one attached hydrogen (secondary N) is 1. The van der Waals surface area contributed by atoms with Gasteiger partial charge in [0.2, 0.25) is 5.91 Å². The van der Waals surface area contributed by atoms with Crippen molar-refractivity contribution in [2.75, 3.05) is 0 Å². The molecule has 0 aromatic heterocycles. The molecule has 0 aliphatic carbocycles. The second kappa shape index (κ2) is 7.13. The third kappa shape index (κ3) is 5.29. The van der Waals surface area contributed by atoms with Gasteiger partial charge in [0, 0.05) is 17.4 Å². The molecule has 4 N–H and O–H groups in total. The second-order valence-corrected chi connectivity index (χ2v) is 4.80. The number of amides is 1. The maximum Gasteiger partial charge on any atom is 0.303 e. The van der Waals surface area contributed by atoms with Crippen LogP contribution in [-0.4, -0.2) is 23.0 Å². The topological polar surface area (TPSA) is 92.4 Å². The number of carbonyl (C=O) groups excluding carboxylic acids is 1. The first-order valence-corrected chi connectivity index (χ1v) is 6.28. The molecule has 0 saturated carbocycles. The lowest BCUT2D eigenvalue weighted by Gasteiger charge is -2.11. The quantitative estimate of drug-likeness (QED) is 0.737. The van der Waals surface area contributed by atoms with E-state index in [1.165, 1.54) is 0 Å². The van der Waals surface area contributed by atoms with E-state index in [2.05, 4.69) is 21.2 Å². The summed E-state index contributed by atoms with van der Waals surface area (Å²) in [7, 11) is 0. The highest BCUT2D eigenvalue weighted by Gasteiger charge is 2.14. The van der Waals surface area contributed by atoms with Crippen molar-refractivity contribution in [2.24, 2.45) is 5.73 Å². The highest BCUT2D eigenvalue weighted by Crippen LogP contribution is 2.11. The van der Waals surface area contributed by atoms with E-state index in [9.17, 15) is 9.59 Å². The molecule has 18 heavy (non-hydrogen) atoms. The van der Waals surface area contributed by atoms with Crippen molar-refractivity contribution < 1.29 is 14.7 Å². The molecule has 1 aromatic rings. The molecular formula is C12H15BrN2O3. The van der Waals surface area contributed by atoms with Crippen LogP contribution in [0.25, 0.3) is 0 Å². The van der Waals surface area contributed by atoms with Crippen molar-refractivity contribution in [3.63, 3.8) is 0 Å². The highest BCUT2D eigenvalue weighted by molar-refractivity contribution is 9.10. The second-order valence-electron chi connectivity index (χ2n) is 3.89. The largest absolute Gasteiger partial charge is 0.481 e. The van der Waals surface area contributed by atoms with Crippen LogP contribution < -0.4 is 11.1 Å². The van der Waals surface area contributed by atoms with Gasteiger partial charge in [0.15, 0.2) is 0 Å². The minimum atomic E-state index is -0.953. The number of nitrogens with two attached hydrogens (primary N) is 1. The molecule has 0 radical (unpaired) electrons. The predicted molar refractivity (Wildman–Crippen MR) is 70.8 cm³/mol. The Bertz CT molecular complexity index is 437. The van der Waals surface area contributed by atoms with Gasteiger partial charge in [-0.1, -0.05) is 28.1 Å². The summed E-state index contributed by atoms with van der Waals surface area (Å²) in [6, 6.07) is 6.75. The zero-order chi connectivity index (χ0) is 13.5. The Kier molecular flexibility index (Phi) is 5.80. The van der Waals surface area contributed by atoms with Gasteiger partial charge < -0.3 is 16.2 Å². The molecule has 5 nitrogen and oxygen atoms in total. The van der Waals surface area contributed by atoms with Gasteiger partial charge in [0.05, 0.1) is 6.04 Å². The molecule has 0 heterocycles. The lowest BCUT2D eigenvalue weighted by atomic mass is 10.1. The third-order valence-electron chi connectivity index (χ3n) is 2.36. The van der Waals surface area contributed by atoms with E-state index >= 15 is 0 Å². The fourth-order valence-corrected chi connectivity index (χ4v) is 1.82. The number of carbonyl (C=O) groups is 2. The average molecular weight is 315 g/mol. The number of halogens is 1. The SMILES string of the molecule is NC(CCC(=O)O)C(=O)NCc1cccc(Br)c1. The molecule has 1 unspecified atom stereocenters. The Morgan fingerprint density at radius 2 is 2.17 bits per heavy atom. The average Bonchev–Trinajstić information content (AvgIpc) is 2.33. The number of benzene rings is 1. The molecule has 1 aromatic carbocycles. The molecule has 0 fully saturated rings. The fourth-order valence-electron chi connectivity index (χ4n) is 1.38. The molecule has 98 valence electrons. The molecule has 0 aliphatic heterocycles. The summed E-state index contributed by atoms with van der Waals surface area (Å²) in [5, 5.41) is 11.2. The summed E-state index contributed by atoms with van der Waals surface area (Å²) in [5.41, 5.74) is 6.52. The van der Waals surface area contributed by atoms with E-state index in [4.69, 9.17) is 10.8 Å². The van der Waals surface area contributed by atoms with Gasteiger partial charge in [-0.2, -0.15) is 0 Å². The Hall–Kier alpha value is -1.40. The van der Waals surface area contributed by atoms with Crippen LogP contribution in [0.5, 0.6) is 0 Å². The predicted octanol–water partition coefficient (Wildman–Crippen LogP) is 1.26. The van der Waals surface area contributed by atoms with Crippen LogP contribution in [0.1, 0.15) is 18.4 Å². The molecule has 0 spiro atoms. The van der Waals surface area contributed by atoms with Crippen LogP contribution in [0.15, 0.2) is 28.7 Å². The van der Waals surface area contributed by atoms with Crippen molar-refractivity contribution in [2.45, 2.75) is 25.4 Å². The summed E-state index contributed by atoms with van der Waals surface area (Å²) >= 11 is 3.34. The molecular weight excluding hydrogens is 300 g/mol. The van der Waals surface area contributed by atoms with Crippen molar-refractivity contribution in [1.82, 2.24) is 5.32 Å². The maximum absolute atomic E-state index is 11.6. The van der Waals surface area contributed by atoms with Gasteiger partial charge in [-0.3, -0.25) is 9.59 Å². The Morgan fingerprint density at radius 1 is 1.44 bits per heavy atom. The van der Waals surface area contributed by atoms with Crippen molar-refractivity contribution in [1.29, 1.82) is 0 Å². The van der Waals surface area contributed by atoms with Crippen molar-refractivity contribution in [3.05, 3.63) is 34.3 Å². The number of hydrogen-bond acceptors (Lipinski definition) is 3. The van der Waals surface area contributed by atoms with E-state index < -0.39 is 12.0 Å². The van der Waals surface area contributed by atoms with Gasteiger partial charge in [-0.15, -0.1) is 0 Å². The standard InChI is InChI=1S/C12H15BrN2O3/c13-9-3-1-2-8(6-9)7-15-12(18)10(14)4-5-11(16)17/h1-3,6,10H,4-5,7,14H2,(H,15,18)(H,16,17). The Labute approximate surface area is 113 Å². The Morgan fingerprint density at radius 3 is 2.78 bits per heavy atom. The van der Waals surface area contributed by atoms with Crippen LogP contribution >= 0.6 is 15.9 Å². The molecule has 1 rings (SSSR count). The van der Waals surface area contributed by atoms with Crippen LogP contribution in [-0.2, 0) is 16.1 Å². The number of rotatable bonds is 6. The van der Waals surface area contributed by atoms with E-state index in [1.54, 1.807) is 0 Å². The lowest BCUT2D eigenvalue weighted by molar-refractivity contribution is -0.137. The van der Waals surface area contributed by atoms with Crippen LogP contribution in [0.2, 0.25) is 0 Å². The molecule has 0 saturated heterocycles. The minimum Gasteiger partial charge on any atom is -0.481 e. The number of carboxylic acids is 1. The van der Waals surface area contributed by atoms with Crippen LogP contribution in [0.4, 0.5) is 0 Å². The lowest BCUT2D eigenvalue weighted by Crippen LogP contribution is -2.40. The molecule has 0 bridgehead atoms. The van der Waals surface area contributed by atoms with E-state index in [0.29, 0.717) is 6.54 Å². The highest BCUT2D eigenvalue weighted by atomic mass is 79.9. The first-order chi connectivity index (χ1) is 8.49. The fraction of sp³-hybridized carbons (Fsp3) is 0.333. The van der Waals surface area contributed by atoms with E-state index in [-0.39, 0.29) is 18.7 Å².